The molecule has 4 nitrogen and oxygen atoms in total. The molecule has 96 valence electrons. The maximum Gasteiger partial charge on any atom is 0.240 e. The lowest BCUT2D eigenvalue weighted by Gasteiger charge is -2.14. The Bertz CT molecular complexity index is 484. The number of nitrogens with one attached hydrogen (secondary N) is 2. The van der Waals surface area contributed by atoms with E-state index in [1.165, 1.54) is 12.1 Å². The van der Waals surface area contributed by atoms with E-state index in [0.29, 0.717) is 19.4 Å². The van der Waals surface area contributed by atoms with Gasteiger partial charge >= 0.3 is 0 Å². The Labute approximate surface area is 105 Å². The average Bonchev–Trinajstić information content (AvgIpc) is 3.14. The Hall–Kier alpha value is -1.91. The second-order valence-electron chi connectivity index (χ2n) is 4.38. The minimum atomic E-state index is -1.00. The van der Waals surface area contributed by atoms with E-state index in [4.69, 9.17) is 0 Å². The van der Waals surface area contributed by atoms with Gasteiger partial charge in [0.05, 0.1) is 5.69 Å². The summed E-state index contributed by atoms with van der Waals surface area (Å²) in [4.78, 5) is 23.8. The van der Waals surface area contributed by atoms with Gasteiger partial charge in [-0.25, -0.2) is 4.39 Å². The van der Waals surface area contributed by atoms with Crippen LogP contribution in [-0.4, -0.2) is 18.4 Å². The summed E-state index contributed by atoms with van der Waals surface area (Å²) in [6, 6.07) is 5.91. The van der Waals surface area contributed by atoms with Crippen molar-refractivity contribution in [3.63, 3.8) is 0 Å². The molecule has 0 radical (unpaired) electrons. The third-order valence-corrected chi connectivity index (χ3v) is 3.08. The topological polar surface area (TPSA) is 58.2 Å². The van der Waals surface area contributed by atoms with Crippen LogP contribution in [0.1, 0.15) is 19.8 Å². The van der Waals surface area contributed by atoms with Crippen LogP contribution in [0.5, 0.6) is 0 Å². The van der Waals surface area contributed by atoms with E-state index in [2.05, 4.69) is 10.6 Å². The van der Waals surface area contributed by atoms with Crippen LogP contribution in [0.15, 0.2) is 24.3 Å². The predicted octanol–water partition coefficient (Wildman–Crippen LogP) is 1.68. The van der Waals surface area contributed by atoms with Crippen LogP contribution in [-0.2, 0) is 9.59 Å². The quantitative estimate of drug-likeness (QED) is 0.799. The molecule has 0 spiro atoms. The van der Waals surface area contributed by atoms with E-state index in [9.17, 15) is 14.0 Å². The van der Waals surface area contributed by atoms with Crippen LogP contribution in [0.25, 0.3) is 0 Å². The van der Waals surface area contributed by atoms with Gasteiger partial charge in [0.25, 0.3) is 0 Å². The molecule has 1 aliphatic carbocycles. The molecule has 1 aromatic rings. The first-order valence-electron chi connectivity index (χ1n) is 5.94. The van der Waals surface area contributed by atoms with Crippen molar-refractivity contribution in [1.82, 2.24) is 5.32 Å². The third kappa shape index (κ3) is 2.20. The Kier molecular flexibility index (Phi) is 3.32. The average molecular weight is 250 g/mol. The Morgan fingerprint density at radius 3 is 2.50 bits per heavy atom. The molecule has 0 aliphatic heterocycles. The lowest BCUT2D eigenvalue weighted by atomic mass is 10.1. The first-order chi connectivity index (χ1) is 8.60. The van der Waals surface area contributed by atoms with Gasteiger partial charge in [0.1, 0.15) is 11.2 Å². The fraction of sp³-hybridized carbons (Fsp3) is 0.385. The molecule has 1 fully saturated rings. The summed E-state index contributed by atoms with van der Waals surface area (Å²) in [7, 11) is 0. The van der Waals surface area contributed by atoms with Gasteiger partial charge in [0.2, 0.25) is 11.8 Å². The molecule has 2 amide bonds. The maximum atomic E-state index is 13.4. The number of rotatable bonds is 4. The zero-order valence-electron chi connectivity index (χ0n) is 10.1. The fourth-order valence-corrected chi connectivity index (χ4v) is 1.82. The highest BCUT2D eigenvalue weighted by Crippen LogP contribution is 2.46. The van der Waals surface area contributed by atoms with E-state index in [1.54, 1.807) is 19.1 Å². The van der Waals surface area contributed by atoms with Crippen LogP contribution in [0.2, 0.25) is 0 Å². The molecule has 0 heterocycles. The highest BCUT2D eigenvalue weighted by atomic mass is 19.1. The van der Waals surface area contributed by atoms with Crippen molar-refractivity contribution in [3.8, 4) is 0 Å². The number of amides is 2. The lowest BCUT2D eigenvalue weighted by molar-refractivity contribution is -0.134. The van der Waals surface area contributed by atoms with Crippen molar-refractivity contribution < 1.29 is 14.0 Å². The van der Waals surface area contributed by atoms with Gasteiger partial charge in [-0.1, -0.05) is 12.1 Å². The van der Waals surface area contributed by atoms with E-state index in [0.717, 1.165) is 0 Å². The maximum absolute atomic E-state index is 13.4. The fourth-order valence-electron chi connectivity index (χ4n) is 1.82. The van der Waals surface area contributed by atoms with Gasteiger partial charge in [-0.15, -0.1) is 0 Å². The van der Waals surface area contributed by atoms with Gasteiger partial charge in [0.15, 0.2) is 0 Å². The standard InChI is InChI=1S/C13H15FN2O2/c1-2-15-11(17)13(7-8-13)12(18)16-10-6-4-3-5-9(10)14/h3-6H,2,7-8H2,1H3,(H,15,17)(H,16,18). The molecule has 1 saturated carbocycles. The molecule has 0 aromatic heterocycles. The van der Waals surface area contributed by atoms with Crippen molar-refractivity contribution >= 4 is 17.5 Å². The Morgan fingerprint density at radius 1 is 1.28 bits per heavy atom. The number of hydrogen-bond acceptors (Lipinski definition) is 2. The highest BCUT2D eigenvalue weighted by molar-refractivity contribution is 6.13. The van der Waals surface area contributed by atoms with Crippen molar-refractivity contribution in [2.75, 3.05) is 11.9 Å². The molecule has 0 saturated heterocycles. The van der Waals surface area contributed by atoms with Crippen molar-refractivity contribution in [2.24, 2.45) is 5.41 Å². The number of carbonyl (C=O) groups excluding carboxylic acids is 2. The van der Waals surface area contributed by atoms with E-state index in [-0.39, 0.29) is 11.6 Å². The van der Waals surface area contributed by atoms with Crippen molar-refractivity contribution in [1.29, 1.82) is 0 Å². The number of anilines is 1. The van der Waals surface area contributed by atoms with Gasteiger partial charge in [-0.05, 0) is 31.9 Å². The predicted molar refractivity (Wildman–Crippen MR) is 65.4 cm³/mol. The molecule has 0 unspecified atom stereocenters. The van der Waals surface area contributed by atoms with Crippen LogP contribution in [0, 0.1) is 11.2 Å². The molecule has 18 heavy (non-hydrogen) atoms. The van der Waals surface area contributed by atoms with Gasteiger partial charge < -0.3 is 10.6 Å². The first-order valence-corrected chi connectivity index (χ1v) is 5.94. The Morgan fingerprint density at radius 2 is 1.94 bits per heavy atom. The third-order valence-electron chi connectivity index (χ3n) is 3.08. The molecule has 0 atom stereocenters. The Balaban J connectivity index is 2.09. The molecule has 2 rings (SSSR count). The summed E-state index contributed by atoms with van der Waals surface area (Å²) >= 11 is 0. The van der Waals surface area contributed by atoms with Crippen LogP contribution in [0.4, 0.5) is 10.1 Å². The molecular formula is C13H15FN2O2. The minimum Gasteiger partial charge on any atom is -0.355 e. The van der Waals surface area contributed by atoms with E-state index in [1.807, 2.05) is 0 Å². The van der Waals surface area contributed by atoms with Crippen LogP contribution in [0.3, 0.4) is 0 Å². The molecule has 2 N–H and O–H groups in total. The summed E-state index contributed by atoms with van der Waals surface area (Å²) in [5.74, 6) is -1.21. The zero-order valence-corrected chi connectivity index (χ0v) is 10.1. The molecular weight excluding hydrogens is 235 g/mol. The summed E-state index contributed by atoms with van der Waals surface area (Å²) in [5, 5.41) is 5.11. The summed E-state index contributed by atoms with van der Waals surface area (Å²) in [6.45, 7) is 2.27. The second-order valence-corrected chi connectivity index (χ2v) is 4.38. The van der Waals surface area contributed by atoms with Crippen LogP contribution >= 0.6 is 0 Å². The normalized spacial score (nSPS) is 15.9. The highest BCUT2D eigenvalue weighted by Gasteiger charge is 2.56. The number of carbonyl (C=O) groups is 2. The van der Waals surface area contributed by atoms with Gasteiger partial charge in [-0.3, -0.25) is 9.59 Å². The van der Waals surface area contributed by atoms with E-state index >= 15 is 0 Å². The molecule has 0 bridgehead atoms. The van der Waals surface area contributed by atoms with Crippen LogP contribution < -0.4 is 10.6 Å². The lowest BCUT2D eigenvalue weighted by Crippen LogP contribution is -2.39. The summed E-state index contributed by atoms with van der Waals surface area (Å²) in [5.41, 5.74) is -0.892. The smallest absolute Gasteiger partial charge is 0.240 e. The number of benzene rings is 1. The SMILES string of the molecule is CCNC(=O)C1(C(=O)Nc2ccccc2F)CC1. The second kappa shape index (κ2) is 4.76. The number of para-hydroxylation sites is 1. The van der Waals surface area contributed by atoms with Crippen molar-refractivity contribution in [2.45, 2.75) is 19.8 Å². The zero-order chi connectivity index (χ0) is 13.2. The molecule has 1 aliphatic rings. The summed E-state index contributed by atoms with van der Waals surface area (Å²) in [6.07, 6.45) is 1.03. The van der Waals surface area contributed by atoms with Gasteiger partial charge in [0, 0.05) is 6.54 Å². The largest absolute Gasteiger partial charge is 0.355 e. The first kappa shape index (κ1) is 12.5. The summed E-state index contributed by atoms with van der Waals surface area (Å²) < 4.78 is 13.4. The number of halogens is 1. The molecule has 1 aromatic carbocycles. The minimum absolute atomic E-state index is 0.109. The van der Waals surface area contributed by atoms with E-state index < -0.39 is 17.1 Å². The van der Waals surface area contributed by atoms with Crippen molar-refractivity contribution in [3.05, 3.63) is 30.1 Å². The van der Waals surface area contributed by atoms with Gasteiger partial charge in [-0.2, -0.15) is 0 Å². The molecule has 5 heteroatoms. The monoisotopic (exact) mass is 250 g/mol. The number of hydrogen-bond donors (Lipinski definition) is 2.